The van der Waals surface area contributed by atoms with Crippen molar-refractivity contribution in [2.75, 3.05) is 7.11 Å². The zero-order valence-electron chi connectivity index (χ0n) is 8.02. The van der Waals surface area contributed by atoms with E-state index < -0.39 is 13.1 Å². The van der Waals surface area contributed by atoms with Crippen molar-refractivity contribution in [3.8, 4) is 0 Å². The molecule has 0 aromatic heterocycles. The summed E-state index contributed by atoms with van der Waals surface area (Å²) in [5.41, 5.74) is 1.36. The molecule has 14 heavy (non-hydrogen) atoms. The van der Waals surface area contributed by atoms with Gasteiger partial charge < -0.3 is 14.8 Å². The van der Waals surface area contributed by atoms with E-state index in [1.807, 2.05) is 0 Å². The zero-order chi connectivity index (χ0) is 10.7. The van der Waals surface area contributed by atoms with Crippen LogP contribution in [0.2, 0.25) is 0 Å². The van der Waals surface area contributed by atoms with E-state index in [0.29, 0.717) is 5.56 Å². The van der Waals surface area contributed by atoms with Crippen LogP contribution in [0.3, 0.4) is 0 Å². The van der Waals surface area contributed by atoms with Gasteiger partial charge in [0.15, 0.2) is 0 Å². The van der Waals surface area contributed by atoms with Crippen molar-refractivity contribution in [1.82, 2.24) is 0 Å². The molecule has 5 heteroatoms. The number of aryl methyl sites for hydroxylation is 1. The molecule has 0 aliphatic carbocycles. The van der Waals surface area contributed by atoms with Crippen molar-refractivity contribution in [3.05, 3.63) is 29.3 Å². The molecule has 1 rings (SSSR count). The molecular formula is C9H11BO4. The Morgan fingerprint density at radius 1 is 1.43 bits per heavy atom. The Morgan fingerprint density at radius 3 is 2.57 bits per heavy atom. The highest BCUT2D eigenvalue weighted by molar-refractivity contribution is 6.58. The molecule has 74 valence electrons. The van der Waals surface area contributed by atoms with Gasteiger partial charge in [0.05, 0.1) is 12.7 Å². The minimum Gasteiger partial charge on any atom is -0.465 e. The van der Waals surface area contributed by atoms with E-state index >= 15 is 0 Å². The molecule has 0 spiro atoms. The summed E-state index contributed by atoms with van der Waals surface area (Å²) in [7, 11) is -0.289. The van der Waals surface area contributed by atoms with E-state index in [-0.39, 0.29) is 5.46 Å². The third-order valence-corrected chi connectivity index (χ3v) is 1.97. The van der Waals surface area contributed by atoms with Gasteiger partial charge in [-0.1, -0.05) is 12.1 Å². The van der Waals surface area contributed by atoms with Crippen molar-refractivity contribution >= 4 is 18.6 Å². The number of carbonyl (C=O) groups excluding carboxylic acids is 1. The summed E-state index contributed by atoms with van der Waals surface area (Å²) in [5.74, 6) is -0.481. The lowest BCUT2D eigenvalue weighted by molar-refractivity contribution is 0.0600. The molecule has 4 nitrogen and oxygen atoms in total. The smallest absolute Gasteiger partial charge is 0.465 e. The highest BCUT2D eigenvalue weighted by Crippen LogP contribution is 2.06. The first-order valence-corrected chi connectivity index (χ1v) is 4.11. The fraction of sp³-hybridized carbons (Fsp3) is 0.222. The number of esters is 1. The molecule has 0 amide bonds. The maximum absolute atomic E-state index is 11.2. The van der Waals surface area contributed by atoms with Gasteiger partial charge in [0.25, 0.3) is 0 Å². The number of hydrogen-bond donors (Lipinski definition) is 2. The van der Waals surface area contributed by atoms with Gasteiger partial charge in [-0.2, -0.15) is 0 Å². The quantitative estimate of drug-likeness (QED) is 0.490. The Hall–Kier alpha value is -1.33. The van der Waals surface area contributed by atoms with Crippen LogP contribution in [0.4, 0.5) is 0 Å². The molecule has 0 aliphatic heterocycles. The Labute approximate surface area is 82.3 Å². The van der Waals surface area contributed by atoms with Crippen LogP contribution in [-0.4, -0.2) is 30.2 Å². The second kappa shape index (κ2) is 4.26. The summed E-state index contributed by atoms with van der Waals surface area (Å²) in [6.07, 6.45) is 0. The topological polar surface area (TPSA) is 66.8 Å². The lowest BCUT2D eigenvalue weighted by Gasteiger charge is -2.06. The van der Waals surface area contributed by atoms with Gasteiger partial charge in [-0.15, -0.1) is 0 Å². The van der Waals surface area contributed by atoms with Gasteiger partial charge in [0.2, 0.25) is 0 Å². The minimum absolute atomic E-state index is 0.274. The average Bonchev–Trinajstić information content (AvgIpc) is 2.17. The van der Waals surface area contributed by atoms with E-state index in [9.17, 15) is 4.79 Å². The first-order valence-electron chi connectivity index (χ1n) is 4.11. The van der Waals surface area contributed by atoms with Gasteiger partial charge in [0, 0.05) is 0 Å². The van der Waals surface area contributed by atoms with Gasteiger partial charge in [-0.05, 0) is 24.0 Å². The molecule has 0 fully saturated rings. The van der Waals surface area contributed by atoms with E-state index in [0.717, 1.165) is 5.56 Å². The molecular weight excluding hydrogens is 183 g/mol. The van der Waals surface area contributed by atoms with Crippen LogP contribution in [-0.2, 0) is 4.74 Å². The Morgan fingerprint density at radius 2 is 2.07 bits per heavy atom. The number of rotatable bonds is 2. The number of carbonyl (C=O) groups is 1. The minimum atomic E-state index is -1.57. The Kier molecular flexibility index (Phi) is 3.27. The first-order chi connectivity index (χ1) is 6.56. The van der Waals surface area contributed by atoms with Crippen molar-refractivity contribution in [1.29, 1.82) is 0 Å². The second-order valence-electron chi connectivity index (χ2n) is 2.94. The Balaban J connectivity index is 3.15. The Bertz CT molecular complexity index is 349. The fourth-order valence-electron chi connectivity index (χ4n) is 1.13. The molecule has 0 atom stereocenters. The van der Waals surface area contributed by atoms with E-state index in [4.69, 9.17) is 10.0 Å². The first kappa shape index (κ1) is 10.8. The van der Waals surface area contributed by atoms with Crippen molar-refractivity contribution < 1.29 is 19.6 Å². The van der Waals surface area contributed by atoms with E-state index in [2.05, 4.69) is 4.74 Å². The van der Waals surface area contributed by atoms with Gasteiger partial charge >= 0.3 is 13.1 Å². The molecule has 1 aromatic rings. The molecule has 0 radical (unpaired) electrons. The van der Waals surface area contributed by atoms with Crippen LogP contribution in [0.5, 0.6) is 0 Å². The van der Waals surface area contributed by atoms with Gasteiger partial charge in [0.1, 0.15) is 0 Å². The molecule has 0 bridgehead atoms. The second-order valence-corrected chi connectivity index (χ2v) is 2.94. The largest absolute Gasteiger partial charge is 0.488 e. The SMILES string of the molecule is COC(=O)c1cc(B(O)O)ccc1C. The highest BCUT2D eigenvalue weighted by atomic mass is 16.5. The van der Waals surface area contributed by atoms with Gasteiger partial charge in [-0.3, -0.25) is 0 Å². The zero-order valence-corrected chi connectivity index (χ0v) is 8.02. The molecule has 2 N–H and O–H groups in total. The number of methoxy groups -OCH3 is 1. The van der Waals surface area contributed by atoms with Crippen LogP contribution in [0, 0.1) is 6.92 Å². The fourth-order valence-corrected chi connectivity index (χ4v) is 1.13. The predicted octanol–water partition coefficient (Wildman–Crippen LogP) is -0.539. The number of ether oxygens (including phenoxy) is 1. The number of benzene rings is 1. The summed E-state index contributed by atoms with van der Waals surface area (Å²) in [5, 5.41) is 17.8. The molecule has 0 saturated carbocycles. The normalized spacial score (nSPS) is 9.71. The van der Waals surface area contributed by atoms with Crippen LogP contribution >= 0.6 is 0 Å². The monoisotopic (exact) mass is 194 g/mol. The van der Waals surface area contributed by atoms with Crippen molar-refractivity contribution in [2.45, 2.75) is 6.92 Å². The summed E-state index contributed by atoms with van der Waals surface area (Å²) in [6.45, 7) is 1.75. The molecule has 1 aromatic carbocycles. The third-order valence-electron chi connectivity index (χ3n) is 1.97. The molecule has 0 aliphatic rings. The maximum Gasteiger partial charge on any atom is 0.488 e. The summed E-state index contributed by atoms with van der Waals surface area (Å²) in [4.78, 5) is 11.2. The molecule has 0 saturated heterocycles. The van der Waals surface area contributed by atoms with Gasteiger partial charge in [-0.25, -0.2) is 4.79 Å². The molecule has 0 heterocycles. The van der Waals surface area contributed by atoms with E-state index in [1.54, 1.807) is 19.1 Å². The highest BCUT2D eigenvalue weighted by Gasteiger charge is 2.15. The lowest BCUT2D eigenvalue weighted by Crippen LogP contribution is -2.30. The average molecular weight is 194 g/mol. The molecule has 0 unspecified atom stereocenters. The number of hydrogen-bond acceptors (Lipinski definition) is 4. The van der Waals surface area contributed by atoms with Crippen LogP contribution < -0.4 is 5.46 Å². The van der Waals surface area contributed by atoms with Crippen LogP contribution in [0.25, 0.3) is 0 Å². The van der Waals surface area contributed by atoms with Crippen molar-refractivity contribution in [2.24, 2.45) is 0 Å². The van der Waals surface area contributed by atoms with Crippen LogP contribution in [0.1, 0.15) is 15.9 Å². The predicted molar refractivity (Wildman–Crippen MR) is 52.3 cm³/mol. The lowest BCUT2D eigenvalue weighted by atomic mass is 9.79. The summed E-state index contributed by atoms with van der Waals surface area (Å²) >= 11 is 0. The standard InChI is InChI=1S/C9H11BO4/c1-6-3-4-7(10(12)13)5-8(6)9(11)14-2/h3-5,12-13H,1-2H3. The van der Waals surface area contributed by atoms with Crippen molar-refractivity contribution in [3.63, 3.8) is 0 Å². The van der Waals surface area contributed by atoms with Crippen LogP contribution in [0.15, 0.2) is 18.2 Å². The maximum atomic E-state index is 11.2. The third kappa shape index (κ3) is 2.13. The summed E-state index contributed by atoms with van der Waals surface area (Å²) < 4.78 is 4.55. The van der Waals surface area contributed by atoms with E-state index in [1.165, 1.54) is 13.2 Å². The summed E-state index contributed by atoms with van der Waals surface area (Å²) in [6, 6.07) is 4.60.